The standard InChI is InChI=1S/C22H28FN3O3/c1-5-29-19-9-14(11-24-20(19)26-22(3,4)12-27)16-10-17(18(23)8-13(16)2)21(28)25-15-6-7-15/h8-11,15,27H,5-7,12H2,1-4H3,(H,24,26)(H,25,28). The van der Waals surface area contributed by atoms with Crippen LogP contribution in [0.25, 0.3) is 11.1 Å². The van der Waals surface area contributed by atoms with Crippen molar-refractivity contribution in [2.45, 2.75) is 52.1 Å². The van der Waals surface area contributed by atoms with Crippen molar-refractivity contribution in [3.8, 4) is 16.9 Å². The Labute approximate surface area is 170 Å². The van der Waals surface area contributed by atoms with Gasteiger partial charge in [-0.1, -0.05) is 0 Å². The third kappa shape index (κ3) is 5.03. The number of amides is 1. The molecule has 1 heterocycles. The van der Waals surface area contributed by atoms with Gasteiger partial charge in [-0.2, -0.15) is 0 Å². The molecule has 156 valence electrons. The maximum atomic E-state index is 14.4. The molecule has 0 spiro atoms. The van der Waals surface area contributed by atoms with Gasteiger partial charge in [-0.05, 0) is 69.9 Å². The highest BCUT2D eigenvalue weighted by atomic mass is 19.1. The maximum Gasteiger partial charge on any atom is 0.254 e. The predicted octanol–water partition coefficient (Wildman–Crippen LogP) is 3.67. The Bertz CT molecular complexity index is 910. The minimum absolute atomic E-state index is 0.0269. The minimum Gasteiger partial charge on any atom is -0.490 e. The number of ether oxygens (including phenoxy) is 1. The molecule has 1 amide bonds. The number of aliphatic hydroxyl groups is 1. The number of carbonyl (C=O) groups excluding carboxylic acids is 1. The molecule has 1 aliphatic rings. The van der Waals surface area contributed by atoms with Gasteiger partial charge in [0, 0.05) is 17.8 Å². The molecule has 0 radical (unpaired) electrons. The number of hydrogen-bond acceptors (Lipinski definition) is 5. The van der Waals surface area contributed by atoms with Crippen molar-refractivity contribution in [1.29, 1.82) is 0 Å². The van der Waals surface area contributed by atoms with Crippen LogP contribution < -0.4 is 15.4 Å². The number of aryl methyl sites for hydroxylation is 1. The van der Waals surface area contributed by atoms with E-state index in [0.29, 0.717) is 29.3 Å². The van der Waals surface area contributed by atoms with Gasteiger partial charge in [-0.15, -0.1) is 0 Å². The quantitative estimate of drug-likeness (QED) is 0.629. The fraction of sp³-hybridized carbons (Fsp3) is 0.455. The second kappa shape index (κ2) is 8.37. The first-order chi connectivity index (χ1) is 13.7. The summed E-state index contributed by atoms with van der Waals surface area (Å²) in [6.45, 7) is 7.75. The minimum atomic E-state index is -0.569. The number of rotatable bonds is 8. The molecule has 1 aromatic heterocycles. The third-order valence-electron chi connectivity index (χ3n) is 4.79. The van der Waals surface area contributed by atoms with E-state index in [-0.39, 0.29) is 18.2 Å². The van der Waals surface area contributed by atoms with Gasteiger partial charge in [0.25, 0.3) is 5.91 Å². The van der Waals surface area contributed by atoms with E-state index in [2.05, 4.69) is 15.6 Å². The zero-order chi connectivity index (χ0) is 21.2. The Kier molecular flexibility index (Phi) is 6.07. The van der Waals surface area contributed by atoms with Crippen molar-refractivity contribution < 1.29 is 19.0 Å². The lowest BCUT2D eigenvalue weighted by molar-refractivity contribution is 0.0947. The molecule has 3 rings (SSSR count). The summed E-state index contributed by atoms with van der Waals surface area (Å²) >= 11 is 0. The first kappa shape index (κ1) is 21.0. The molecule has 29 heavy (non-hydrogen) atoms. The lowest BCUT2D eigenvalue weighted by Gasteiger charge is -2.25. The average Bonchev–Trinajstić information content (AvgIpc) is 3.47. The van der Waals surface area contributed by atoms with Crippen LogP contribution in [0.3, 0.4) is 0 Å². The highest BCUT2D eigenvalue weighted by Crippen LogP contribution is 2.33. The highest BCUT2D eigenvalue weighted by Gasteiger charge is 2.26. The number of aromatic nitrogens is 1. The van der Waals surface area contributed by atoms with Crippen LogP contribution in [0.5, 0.6) is 5.75 Å². The fourth-order valence-electron chi connectivity index (χ4n) is 2.96. The number of benzene rings is 1. The lowest BCUT2D eigenvalue weighted by Crippen LogP contribution is -2.35. The fourth-order valence-corrected chi connectivity index (χ4v) is 2.96. The van der Waals surface area contributed by atoms with Crippen LogP contribution in [0.15, 0.2) is 24.4 Å². The highest BCUT2D eigenvalue weighted by molar-refractivity contribution is 5.96. The van der Waals surface area contributed by atoms with Crippen molar-refractivity contribution in [2.24, 2.45) is 0 Å². The molecule has 7 heteroatoms. The first-order valence-electron chi connectivity index (χ1n) is 9.87. The molecular formula is C22H28FN3O3. The number of aliphatic hydroxyl groups excluding tert-OH is 1. The summed E-state index contributed by atoms with van der Waals surface area (Å²) in [5.74, 6) is 0.109. The van der Waals surface area contributed by atoms with Crippen LogP contribution in [-0.4, -0.2) is 40.8 Å². The van der Waals surface area contributed by atoms with E-state index in [1.807, 2.05) is 26.8 Å². The molecule has 3 N–H and O–H groups in total. The monoisotopic (exact) mass is 401 g/mol. The van der Waals surface area contributed by atoms with Crippen molar-refractivity contribution in [3.05, 3.63) is 41.3 Å². The molecule has 1 fully saturated rings. The van der Waals surface area contributed by atoms with E-state index in [1.54, 1.807) is 19.2 Å². The summed E-state index contributed by atoms with van der Waals surface area (Å²) in [6.07, 6.45) is 3.53. The van der Waals surface area contributed by atoms with Crippen LogP contribution in [0.1, 0.15) is 49.5 Å². The molecule has 6 nitrogen and oxygen atoms in total. The second-order valence-electron chi connectivity index (χ2n) is 8.07. The van der Waals surface area contributed by atoms with Crippen molar-refractivity contribution in [2.75, 3.05) is 18.5 Å². The summed E-state index contributed by atoms with van der Waals surface area (Å²) in [6, 6.07) is 4.91. The molecule has 0 saturated heterocycles. The van der Waals surface area contributed by atoms with Crippen LogP contribution in [0, 0.1) is 12.7 Å². The summed E-state index contributed by atoms with van der Waals surface area (Å²) < 4.78 is 20.2. The summed E-state index contributed by atoms with van der Waals surface area (Å²) in [5, 5.41) is 15.5. The number of carbonyl (C=O) groups is 1. The Morgan fingerprint density at radius 3 is 2.69 bits per heavy atom. The van der Waals surface area contributed by atoms with E-state index >= 15 is 0 Å². The van der Waals surface area contributed by atoms with E-state index in [4.69, 9.17) is 4.74 Å². The maximum absolute atomic E-state index is 14.4. The van der Waals surface area contributed by atoms with Crippen molar-refractivity contribution in [3.63, 3.8) is 0 Å². The van der Waals surface area contributed by atoms with Gasteiger partial charge in [0.05, 0.1) is 24.3 Å². The summed E-state index contributed by atoms with van der Waals surface area (Å²) in [5.41, 5.74) is 1.60. The van der Waals surface area contributed by atoms with Crippen LogP contribution in [0.2, 0.25) is 0 Å². The Hall–Kier alpha value is -2.67. The van der Waals surface area contributed by atoms with Gasteiger partial charge in [0.2, 0.25) is 0 Å². The number of halogens is 1. The third-order valence-corrected chi connectivity index (χ3v) is 4.79. The van der Waals surface area contributed by atoms with Gasteiger partial charge in [0.15, 0.2) is 11.6 Å². The molecule has 2 aromatic rings. The number of pyridine rings is 1. The average molecular weight is 401 g/mol. The van der Waals surface area contributed by atoms with Gasteiger partial charge in [0.1, 0.15) is 5.82 Å². The Balaban J connectivity index is 1.98. The van der Waals surface area contributed by atoms with Crippen molar-refractivity contribution >= 4 is 11.7 Å². The van der Waals surface area contributed by atoms with Gasteiger partial charge in [-0.25, -0.2) is 9.37 Å². The van der Waals surface area contributed by atoms with E-state index < -0.39 is 17.3 Å². The van der Waals surface area contributed by atoms with Crippen LogP contribution in [-0.2, 0) is 0 Å². The molecule has 1 saturated carbocycles. The normalized spacial score (nSPS) is 13.9. The van der Waals surface area contributed by atoms with Crippen molar-refractivity contribution in [1.82, 2.24) is 10.3 Å². The van der Waals surface area contributed by atoms with E-state index in [1.165, 1.54) is 6.07 Å². The number of nitrogens with zero attached hydrogens (tertiary/aromatic N) is 1. The zero-order valence-corrected chi connectivity index (χ0v) is 17.3. The SMILES string of the molecule is CCOc1cc(-c2cc(C(=O)NC3CC3)c(F)cc2C)cnc1NC(C)(C)CO. The number of hydrogen-bond donors (Lipinski definition) is 3. The number of nitrogens with one attached hydrogen (secondary N) is 2. The molecule has 1 aromatic carbocycles. The largest absolute Gasteiger partial charge is 0.490 e. The van der Waals surface area contributed by atoms with E-state index in [0.717, 1.165) is 18.4 Å². The molecule has 0 atom stereocenters. The van der Waals surface area contributed by atoms with Gasteiger partial charge < -0.3 is 20.5 Å². The van der Waals surface area contributed by atoms with Gasteiger partial charge >= 0.3 is 0 Å². The van der Waals surface area contributed by atoms with Crippen LogP contribution in [0.4, 0.5) is 10.2 Å². The van der Waals surface area contributed by atoms with E-state index in [9.17, 15) is 14.3 Å². The number of anilines is 1. The second-order valence-corrected chi connectivity index (χ2v) is 8.07. The topological polar surface area (TPSA) is 83.5 Å². The Morgan fingerprint density at radius 1 is 1.34 bits per heavy atom. The predicted molar refractivity (Wildman–Crippen MR) is 111 cm³/mol. The molecule has 0 bridgehead atoms. The Morgan fingerprint density at radius 2 is 2.07 bits per heavy atom. The lowest BCUT2D eigenvalue weighted by atomic mass is 9.98. The van der Waals surface area contributed by atoms with Gasteiger partial charge in [-0.3, -0.25) is 4.79 Å². The molecule has 1 aliphatic carbocycles. The molecule has 0 unspecified atom stereocenters. The zero-order valence-electron chi connectivity index (χ0n) is 17.3. The molecular weight excluding hydrogens is 373 g/mol. The molecule has 0 aliphatic heterocycles. The first-order valence-corrected chi connectivity index (χ1v) is 9.87. The summed E-state index contributed by atoms with van der Waals surface area (Å²) in [4.78, 5) is 16.9. The van der Waals surface area contributed by atoms with Crippen LogP contribution >= 0.6 is 0 Å². The summed E-state index contributed by atoms with van der Waals surface area (Å²) in [7, 11) is 0. The smallest absolute Gasteiger partial charge is 0.254 e.